The zero-order valence-corrected chi connectivity index (χ0v) is 11.7. The van der Waals surface area contributed by atoms with Crippen molar-refractivity contribution >= 4 is 34.1 Å². The van der Waals surface area contributed by atoms with Crippen molar-refractivity contribution in [2.45, 2.75) is 25.7 Å². The van der Waals surface area contributed by atoms with Crippen molar-refractivity contribution in [1.29, 1.82) is 0 Å². The van der Waals surface area contributed by atoms with Crippen molar-refractivity contribution in [1.82, 2.24) is 0 Å². The summed E-state index contributed by atoms with van der Waals surface area (Å²) in [5.74, 6) is -0.794. The van der Waals surface area contributed by atoms with E-state index in [2.05, 4.69) is 0 Å². The summed E-state index contributed by atoms with van der Waals surface area (Å²) in [6.07, 6.45) is 1.57. The number of aliphatic carboxylic acids is 1. The van der Waals surface area contributed by atoms with Crippen molar-refractivity contribution in [3.8, 4) is 0 Å². The predicted octanol–water partition coefficient (Wildman–Crippen LogP) is 4.32. The molecule has 2 aromatic rings. The molecular weight excluding hydrogens is 276 g/mol. The van der Waals surface area contributed by atoms with Crippen LogP contribution in [0.2, 0.25) is 5.02 Å². The first kappa shape index (κ1) is 14.5. The van der Waals surface area contributed by atoms with E-state index < -0.39 is 5.97 Å². The molecule has 0 atom stereocenters. The van der Waals surface area contributed by atoms with Crippen LogP contribution >= 0.6 is 11.6 Å². The lowest BCUT2D eigenvalue weighted by Gasteiger charge is -2.07. The van der Waals surface area contributed by atoms with Gasteiger partial charge in [0.2, 0.25) is 0 Å². The molecule has 0 heterocycles. The van der Waals surface area contributed by atoms with Crippen LogP contribution in [0.4, 0.5) is 0 Å². The van der Waals surface area contributed by atoms with E-state index in [1.165, 1.54) is 0 Å². The van der Waals surface area contributed by atoms with Crippen LogP contribution in [0.15, 0.2) is 36.4 Å². The number of ketones is 1. The predicted molar refractivity (Wildman–Crippen MR) is 79.4 cm³/mol. The van der Waals surface area contributed by atoms with Gasteiger partial charge in [-0.3, -0.25) is 9.59 Å². The van der Waals surface area contributed by atoms with Gasteiger partial charge >= 0.3 is 5.97 Å². The van der Waals surface area contributed by atoms with Gasteiger partial charge in [-0.15, -0.1) is 0 Å². The van der Waals surface area contributed by atoms with Crippen LogP contribution in [-0.2, 0) is 4.79 Å². The second kappa shape index (κ2) is 6.53. The third-order valence-corrected chi connectivity index (χ3v) is 3.55. The summed E-state index contributed by atoms with van der Waals surface area (Å²) < 4.78 is 0. The van der Waals surface area contributed by atoms with E-state index in [0.29, 0.717) is 29.8 Å². The Morgan fingerprint density at radius 3 is 2.30 bits per heavy atom. The molecule has 0 amide bonds. The molecule has 1 N–H and O–H groups in total. The molecular formula is C16H15ClO3. The summed E-state index contributed by atoms with van der Waals surface area (Å²) in [6.45, 7) is 0. The third-order valence-electron chi connectivity index (χ3n) is 3.22. The van der Waals surface area contributed by atoms with Crippen LogP contribution in [0.1, 0.15) is 36.0 Å². The molecule has 0 aromatic heterocycles. The lowest BCUT2D eigenvalue weighted by molar-refractivity contribution is -0.137. The fourth-order valence-corrected chi connectivity index (χ4v) is 2.43. The molecule has 20 heavy (non-hydrogen) atoms. The van der Waals surface area contributed by atoms with Gasteiger partial charge < -0.3 is 5.11 Å². The maximum atomic E-state index is 12.2. The highest BCUT2D eigenvalue weighted by Crippen LogP contribution is 2.27. The minimum Gasteiger partial charge on any atom is -0.481 e. The van der Waals surface area contributed by atoms with Crippen molar-refractivity contribution in [2.24, 2.45) is 0 Å². The van der Waals surface area contributed by atoms with E-state index in [1.807, 2.05) is 24.3 Å². The molecule has 2 rings (SSSR count). The first-order valence-corrected chi connectivity index (χ1v) is 6.89. The summed E-state index contributed by atoms with van der Waals surface area (Å²) in [7, 11) is 0. The number of carboxylic acid groups (broad SMARTS) is 1. The van der Waals surface area contributed by atoms with Crippen LogP contribution in [0.25, 0.3) is 10.8 Å². The van der Waals surface area contributed by atoms with E-state index in [4.69, 9.17) is 16.7 Å². The molecule has 0 saturated carbocycles. The van der Waals surface area contributed by atoms with Crippen LogP contribution in [0.3, 0.4) is 0 Å². The summed E-state index contributed by atoms with van der Waals surface area (Å²) in [5, 5.41) is 10.9. The van der Waals surface area contributed by atoms with Crippen LogP contribution in [0.5, 0.6) is 0 Å². The van der Waals surface area contributed by atoms with Gasteiger partial charge in [-0.05, 0) is 30.4 Å². The Hall–Kier alpha value is -1.87. The van der Waals surface area contributed by atoms with E-state index in [-0.39, 0.29) is 12.2 Å². The van der Waals surface area contributed by atoms with Crippen LogP contribution in [-0.4, -0.2) is 16.9 Å². The molecule has 0 saturated heterocycles. The highest BCUT2D eigenvalue weighted by molar-refractivity contribution is 6.36. The molecule has 104 valence electrons. The minimum atomic E-state index is -0.825. The summed E-state index contributed by atoms with van der Waals surface area (Å²) >= 11 is 6.12. The van der Waals surface area contributed by atoms with Gasteiger partial charge in [0.05, 0.1) is 0 Å². The maximum Gasteiger partial charge on any atom is 0.303 e. The van der Waals surface area contributed by atoms with Gasteiger partial charge in [0.25, 0.3) is 0 Å². The quantitative estimate of drug-likeness (QED) is 0.637. The van der Waals surface area contributed by atoms with Crippen LogP contribution in [0, 0.1) is 0 Å². The van der Waals surface area contributed by atoms with E-state index in [1.54, 1.807) is 12.1 Å². The second-order valence-corrected chi connectivity index (χ2v) is 5.07. The number of fused-ring (bicyclic) bond motifs is 1. The molecule has 0 bridgehead atoms. The largest absolute Gasteiger partial charge is 0.481 e. The van der Waals surface area contributed by atoms with Gasteiger partial charge in [0.15, 0.2) is 5.78 Å². The fraction of sp³-hybridized carbons (Fsp3) is 0.250. The van der Waals surface area contributed by atoms with Crippen molar-refractivity contribution in [3.63, 3.8) is 0 Å². The number of hydrogen-bond donors (Lipinski definition) is 1. The minimum absolute atomic E-state index is 0.0308. The molecule has 0 aliphatic carbocycles. The number of unbranched alkanes of at least 4 members (excludes halogenated alkanes) is 1. The fourth-order valence-electron chi connectivity index (χ4n) is 2.20. The Morgan fingerprint density at radius 1 is 0.950 bits per heavy atom. The average molecular weight is 291 g/mol. The highest BCUT2D eigenvalue weighted by atomic mass is 35.5. The molecule has 2 aromatic carbocycles. The summed E-state index contributed by atoms with van der Waals surface area (Å²) in [4.78, 5) is 22.7. The van der Waals surface area contributed by atoms with Gasteiger partial charge in [0, 0.05) is 28.8 Å². The molecule has 0 radical (unpaired) electrons. The second-order valence-electron chi connectivity index (χ2n) is 4.66. The Kier molecular flexibility index (Phi) is 4.74. The number of carbonyl (C=O) groups is 2. The Morgan fingerprint density at radius 2 is 1.60 bits per heavy atom. The van der Waals surface area contributed by atoms with Crippen LogP contribution < -0.4 is 0 Å². The number of hydrogen-bond acceptors (Lipinski definition) is 2. The number of benzene rings is 2. The average Bonchev–Trinajstić information content (AvgIpc) is 2.44. The smallest absolute Gasteiger partial charge is 0.303 e. The zero-order chi connectivity index (χ0) is 14.5. The van der Waals surface area contributed by atoms with Crippen molar-refractivity contribution in [3.05, 3.63) is 47.0 Å². The maximum absolute atomic E-state index is 12.2. The monoisotopic (exact) mass is 290 g/mol. The molecule has 0 spiro atoms. The topological polar surface area (TPSA) is 54.4 Å². The van der Waals surface area contributed by atoms with Crippen molar-refractivity contribution in [2.75, 3.05) is 0 Å². The van der Waals surface area contributed by atoms with Gasteiger partial charge in [-0.25, -0.2) is 0 Å². The Labute approximate surface area is 122 Å². The number of carbonyl (C=O) groups excluding carboxylic acids is 1. The first-order valence-electron chi connectivity index (χ1n) is 6.52. The number of Topliss-reactive ketones (excluding diaryl/α,β-unsaturated/α-hetero) is 1. The lowest BCUT2D eigenvalue weighted by atomic mass is 9.98. The third kappa shape index (κ3) is 3.36. The standard InChI is InChI=1S/C16H15ClO3/c17-14-10-9-13(11-5-1-2-6-12(11)14)15(18)7-3-4-8-16(19)20/h1-2,5-6,9-10H,3-4,7-8H2,(H,19,20). The zero-order valence-electron chi connectivity index (χ0n) is 10.9. The van der Waals surface area contributed by atoms with E-state index in [9.17, 15) is 9.59 Å². The lowest BCUT2D eigenvalue weighted by Crippen LogP contribution is -2.01. The normalized spacial score (nSPS) is 10.7. The molecule has 0 fully saturated rings. The van der Waals surface area contributed by atoms with Crippen molar-refractivity contribution < 1.29 is 14.7 Å². The van der Waals surface area contributed by atoms with E-state index >= 15 is 0 Å². The SMILES string of the molecule is O=C(O)CCCCC(=O)c1ccc(Cl)c2ccccc12. The molecule has 0 aliphatic rings. The summed E-state index contributed by atoms with van der Waals surface area (Å²) in [6, 6.07) is 11.0. The number of carboxylic acids is 1. The molecule has 0 aliphatic heterocycles. The summed E-state index contributed by atoms with van der Waals surface area (Å²) in [5.41, 5.74) is 0.653. The number of rotatable bonds is 6. The highest BCUT2D eigenvalue weighted by Gasteiger charge is 2.11. The van der Waals surface area contributed by atoms with E-state index in [0.717, 1.165) is 10.8 Å². The Bertz CT molecular complexity index is 649. The first-order chi connectivity index (χ1) is 9.59. The molecule has 3 nitrogen and oxygen atoms in total. The Balaban J connectivity index is 2.14. The van der Waals surface area contributed by atoms with Gasteiger partial charge in [-0.1, -0.05) is 35.9 Å². The molecule has 0 unspecified atom stereocenters. The molecule has 4 heteroatoms. The van der Waals surface area contributed by atoms with Gasteiger partial charge in [0.1, 0.15) is 0 Å². The number of halogens is 1. The van der Waals surface area contributed by atoms with Gasteiger partial charge in [-0.2, -0.15) is 0 Å².